The number of aliphatic hydroxyl groups is 1. The number of alkyl halides is 3. The summed E-state index contributed by atoms with van der Waals surface area (Å²) in [4.78, 5) is 11.4. The topological polar surface area (TPSA) is 75.4 Å². The van der Waals surface area contributed by atoms with E-state index in [-0.39, 0.29) is 6.42 Å². The van der Waals surface area contributed by atoms with Crippen LogP contribution in [0.2, 0.25) is 0 Å². The highest BCUT2D eigenvalue weighted by molar-refractivity contribution is 5.86. The Morgan fingerprint density at radius 1 is 1.41 bits per heavy atom. The van der Waals surface area contributed by atoms with Gasteiger partial charge in [0.1, 0.15) is 0 Å². The van der Waals surface area contributed by atoms with E-state index in [4.69, 9.17) is 5.73 Å². The summed E-state index contributed by atoms with van der Waals surface area (Å²) in [5.74, 6) is -1.25. The lowest BCUT2D eigenvalue weighted by Crippen LogP contribution is -2.63. The van der Waals surface area contributed by atoms with Gasteiger partial charge in [-0.25, -0.2) is 0 Å². The van der Waals surface area contributed by atoms with Crippen LogP contribution in [0.4, 0.5) is 13.2 Å². The molecule has 1 saturated carbocycles. The first-order chi connectivity index (χ1) is 7.64. The summed E-state index contributed by atoms with van der Waals surface area (Å²) in [7, 11) is 0. The second-order valence-electron chi connectivity index (χ2n) is 4.69. The molecule has 0 aliphatic heterocycles. The number of rotatable bonds is 2. The Balaban J connectivity index is 2.60. The summed E-state index contributed by atoms with van der Waals surface area (Å²) >= 11 is 0. The number of carbonyl (C=O) groups is 1. The minimum absolute atomic E-state index is 0.277. The molecule has 1 fully saturated rings. The third-order valence-electron chi connectivity index (χ3n) is 3.04. The van der Waals surface area contributed by atoms with Crippen molar-refractivity contribution in [3.63, 3.8) is 0 Å². The largest absolute Gasteiger partial charge is 0.415 e. The number of carbonyl (C=O) groups excluding carboxylic acids is 1. The third-order valence-corrected chi connectivity index (χ3v) is 3.04. The van der Waals surface area contributed by atoms with Gasteiger partial charge in [-0.05, 0) is 32.6 Å². The van der Waals surface area contributed by atoms with E-state index in [0.29, 0.717) is 26.2 Å². The van der Waals surface area contributed by atoms with Gasteiger partial charge >= 0.3 is 6.18 Å². The normalized spacial score (nSPS) is 29.5. The first-order valence-electron chi connectivity index (χ1n) is 5.49. The Morgan fingerprint density at radius 2 is 2.00 bits per heavy atom. The zero-order valence-electron chi connectivity index (χ0n) is 9.55. The van der Waals surface area contributed by atoms with E-state index in [9.17, 15) is 23.1 Å². The molecule has 4 nitrogen and oxygen atoms in total. The van der Waals surface area contributed by atoms with Crippen molar-refractivity contribution in [3.8, 4) is 0 Å². The Hall–Kier alpha value is -0.820. The van der Waals surface area contributed by atoms with Gasteiger partial charge in [-0.3, -0.25) is 4.79 Å². The molecule has 1 amide bonds. The van der Waals surface area contributed by atoms with E-state index in [1.165, 1.54) is 0 Å². The monoisotopic (exact) mass is 254 g/mol. The number of hydrogen-bond donors (Lipinski definition) is 3. The zero-order valence-corrected chi connectivity index (χ0v) is 9.55. The van der Waals surface area contributed by atoms with Gasteiger partial charge < -0.3 is 16.2 Å². The molecule has 0 aromatic rings. The number of halogens is 3. The van der Waals surface area contributed by atoms with Crippen LogP contribution in [-0.2, 0) is 4.79 Å². The van der Waals surface area contributed by atoms with Gasteiger partial charge in [0.15, 0.2) is 5.54 Å². The van der Waals surface area contributed by atoms with Crippen molar-refractivity contribution in [1.29, 1.82) is 0 Å². The quantitative estimate of drug-likeness (QED) is 0.678. The molecule has 0 heterocycles. The van der Waals surface area contributed by atoms with Crippen LogP contribution in [0.5, 0.6) is 0 Å². The van der Waals surface area contributed by atoms with Crippen molar-refractivity contribution in [2.75, 3.05) is 0 Å². The summed E-state index contributed by atoms with van der Waals surface area (Å²) in [5.41, 5.74) is 2.10. The molecular formula is C10H17F3N2O2. The first kappa shape index (κ1) is 14.2. The Kier molecular flexibility index (Phi) is 4.03. The molecule has 3 atom stereocenters. The number of hydrogen-bond acceptors (Lipinski definition) is 3. The van der Waals surface area contributed by atoms with Crippen molar-refractivity contribution < 1.29 is 23.1 Å². The summed E-state index contributed by atoms with van der Waals surface area (Å²) < 4.78 is 37.4. The molecule has 4 N–H and O–H groups in total. The average Bonchev–Trinajstić information content (AvgIpc) is 2.15. The summed E-state index contributed by atoms with van der Waals surface area (Å²) in [6.45, 7) is 0.640. The minimum atomic E-state index is -4.79. The zero-order chi connectivity index (χ0) is 13.3. The van der Waals surface area contributed by atoms with Crippen LogP contribution in [0.25, 0.3) is 0 Å². The van der Waals surface area contributed by atoms with Crippen molar-refractivity contribution in [1.82, 2.24) is 5.32 Å². The Bertz CT molecular complexity index is 292. The van der Waals surface area contributed by atoms with E-state index < -0.39 is 29.8 Å². The predicted octanol–water partition coefficient (Wildman–Crippen LogP) is 0.686. The number of aliphatic hydroxyl groups excluding tert-OH is 1. The van der Waals surface area contributed by atoms with E-state index in [1.54, 1.807) is 0 Å². The van der Waals surface area contributed by atoms with E-state index in [2.05, 4.69) is 5.32 Å². The maximum Gasteiger partial charge on any atom is 0.415 e. The van der Waals surface area contributed by atoms with Crippen LogP contribution < -0.4 is 11.1 Å². The second-order valence-corrected chi connectivity index (χ2v) is 4.69. The van der Waals surface area contributed by atoms with Crippen molar-refractivity contribution in [2.45, 2.75) is 56.5 Å². The van der Waals surface area contributed by atoms with Crippen molar-refractivity contribution in [3.05, 3.63) is 0 Å². The van der Waals surface area contributed by atoms with Gasteiger partial charge in [-0.1, -0.05) is 0 Å². The highest BCUT2D eigenvalue weighted by atomic mass is 19.4. The van der Waals surface area contributed by atoms with Crippen LogP contribution in [0.3, 0.4) is 0 Å². The fourth-order valence-corrected chi connectivity index (χ4v) is 1.76. The summed E-state index contributed by atoms with van der Waals surface area (Å²) in [5, 5.41) is 11.6. The molecule has 0 bridgehead atoms. The highest BCUT2D eigenvalue weighted by Gasteiger charge is 2.54. The van der Waals surface area contributed by atoms with Gasteiger partial charge in [0.2, 0.25) is 5.91 Å². The fraction of sp³-hybridized carbons (Fsp3) is 0.900. The lowest BCUT2D eigenvalue weighted by Gasteiger charge is -2.31. The molecule has 100 valence electrons. The summed E-state index contributed by atoms with van der Waals surface area (Å²) in [6, 6.07) is -0.434. The van der Waals surface area contributed by atoms with Gasteiger partial charge in [-0.2, -0.15) is 13.2 Å². The molecule has 1 aliphatic carbocycles. The lowest BCUT2D eigenvalue weighted by atomic mass is 9.92. The molecule has 3 unspecified atom stereocenters. The Morgan fingerprint density at radius 3 is 2.47 bits per heavy atom. The third kappa shape index (κ3) is 3.32. The fourth-order valence-electron chi connectivity index (χ4n) is 1.76. The average molecular weight is 254 g/mol. The van der Waals surface area contributed by atoms with Crippen LogP contribution in [-0.4, -0.2) is 34.9 Å². The number of amides is 1. The minimum Gasteiger partial charge on any atom is -0.393 e. The van der Waals surface area contributed by atoms with Gasteiger partial charge in [0, 0.05) is 6.04 Å². The molecular weight excluding hydrogens is 237 g/mol. The molecule has 17 heavy (non-hydrogen) atoms. The maximum atomic E-state index is 12.5. The standard InChI is InChI=1S/C10H17F3N2O2/c1-9(14,10(11,12)13)8(17)15-6-3-2-4-7(16)5-6/h6-7,16H,2-5,14H2,1H3,(H,15,17). The second kappa shape index (κ2) is 4.81. The molecule has 0 saturated heterocycles. The smallest absolute Gasteiger partial charge is 0.393 e. The van der Waals surface area contributed by atoms with E-state index in [0.717, 1.165) is 0 Å². The molecule has 0 radical (unpaired) electrons. The molecule has 1 rings (SSSR count). The molecule has 0 spiro atoms. The molecule has 1 aliphatic rings. The SMILES string of the molecule is CC(N)(C(=O)NC1CCCC(O)C1)C(F)(F)F. The first-order valence-corrected chi connectivity index (χ1v) is 5.49. The Labute approximate surface area is 97.4 Å². The lowest BCUT2D eigenvalue weighted by molar-refractivity contribution is -0.187. The van der Waals surface area contributed by atoms with E-state index >= 15 is 0 Å². The molecule has 0 aromatic carbocycles. The number of nitrogens with one attached hydrogen (secondary N) is 1. The van der Waals surface area contributed by atoms with Gasteiger partial charge in [0.25, 0.3) is 0 Å². The van der Waals surface area contributed by atoms with Crippen LogP contribution in [0.1, 0.15) is 32.6 Å². The predicted molar refractivity (Wildman–Crippen MR) is 55.1 cm³/mol. The van der Waals surface area contributed by atoms with Gasteiger partial charge in [0.05, 0.1) is 6.10 Å². The van der Waals surface area contributed by atoms with Gasteiger partial charge in [-0.15, -0.1) is 0 Å². The van der Waals surface area contributed by atoms with Crippen molar-refractivity contribution >= 4 is 5.91 Å². The maximum absolute atomic E-state index is 12.5. The summed E-state index contributed by atoms with van der Waals surface area (Å²) in [6.07, 6.45) is -3.21. The van der Waals surface area contributed by atoms with Crippen LogP contribution in [0, 0.1) is 0 Å². The molecule has 7 heteroatoms. The van der Waals surface area contributed by atoms with Crippen LogP contribution >= 0.6 is 0 Å². The van der Waals surface area contributed by atoms with Crippen molar-refractivity contribution in [2.24, 2.45) is 5.73 Å². The van der Waals surface area contributed by atoms with E-state index in [1.807, 2.05) is 0 Å². The van der Waals surface area contributed by atoms with Crippen LogP contribution in [0.15, 0.2) is 0 Å². The highest BCUT2D eigenvalue weighted by Crippen LogP contribution is 2.28. The number of nitrogens with two attached hydrogens (primary N) is 1. The molecule has 0 aromatic heterocycles.